The number of hydrogen-bond donors (Lipinski definition) is 1. The predicted molar refractivity (Wildman–Crippen MR) is 82.1 cm³/mol. The molecule has 0 spiro atoms. The van der Waals surface area contributed by atoms with Gasteiger partial charge in [0.2, 0.25) is 0 Å². The predicted octanol–water partition coefficient (Wildman–Crippen LogP) is 2.85. The first-order valence-corrected chi connectivity index (χ1v) is 7.03. The molecule has 1 heterocycles. The third-order valence-corrected chi connectivity index (χ3v) is 3.79. The second-order valence-electron chi connectivity index (χ2n) is 5.20. The van der Waals surface area contributed by atoms with Gasteiger partial charge in [0.15, 0.2) is 0 Å². The second kappa shape index (κ2) is 5.55. The number of hydrogen-bond acceptors (Lipinski definition) is 3. The fourth-order valence-corrected chi connectivity index (χ4v) is 2.73. The zero-order valence-electron chi connectivity index (χ0n) is 11.8. The van der Waals surface area contributed by atoms with Crippen molar-refractivity contribution in [2.45, 2.75) is 20.0 Å². The first-order chi connectivity index (χ1) is 9.78. The molecule has 0 bridgehead atoms. The summed E-state index contributed by atoms with van der Waals surface area (Å²) in [4.78, 5) is 2.38. The Morgan fingerprint density at radius 3 is 2.85 bits per heavy atom. The third kappa shape index (κ3) is 2.49. The van der Waals surface area contributed by atoms with Crippen molar-refractivity contribution >= 4 is 5.69 Å². The Bertz CT molecular complexity index is 610. The molecule has 0 saturated heterocycles. The first kappa shape index (κ1) is 13.0. The van der Waals surface area contributed by atoms with Gasteiger partial charge >= 0.3 is 0 Å². The molecule has 0 saturated carbocycles. The molecule has 3 heteroatoms. The molecule has 0 radical (unpaired) electrons. The van der Waals surface area contributed by atoms with Crippen LogP contribution in [0, 0.1) is 6.92 Å². The molecular weight excluding hydrogens is 248 g/mol. The number of fused-ring (bicyclic) bond motifs is 1. The van der Waals surface area contributed by atoms with E-state index in [1.165, 1.54) is 22.4 Å². The SMILES string of the molecule is Cc1cc(CN)ccc1N1CCOc2ccccc2C1. The summed E-state index contributed by atoms with van der Waals surface area (Å²) in [7, 11) is 0. The minimum atomic E-state index is 0.590. The Hall–Kier alpha value is -2.00. The van der Waals surface area contributed by atoms with Gasteiger partial charge in [-0.05, 0) is 30.2 Å². The minimum Gasteiger partial charge on any atom is -0.491 e. The first-order valence-electron chi connectivity index (χ1n) is 7.03. The highest BCUT2D eigenvalue weighted by molar-refractivity contribution is 5.56. The molecule has 3 rings (SSSR count). The van der Waals surface area contributed by atoms with E-state index in [0.29, 0.717) is 6.54 Å². The van der Waals surface area contributed by atoms with Crippen molar-refractivity contribution in [1.82, 2.24) is 0 Å². The van der Waals surface area contributed by atoms with Crippen LogP contribution in [-0.4, -0.2) is 13.2 Å². The summed E-state index contributed by atoms with van der Waals surface area (Å²) in [6.07, 6.45) is 0. The molecule has 1 aliphatic rings. The van der Waals surface area contributed by atoms with Crippen molar-refractivity contribution in [2.75, 3.05) is 18.1 Å². The van der Waals surface area contributed by atoms with Gasteiger partial charge < -0.3 is 15.4 Å². The molecule has 104 valence electrons. The van der Waals surface area contributed by atoms with Crippen LogP contribution in [0.2, 0.25) is 0 Å². The lowest BCUT2D eigenvalue weighted by atomic mass is 10.1. The van der Waals surface area contributed by atoms with Gasteiger partial charge in [0.1, 0.15) is 12.4 Å². The van der Waals surface area contributed by atoms with Crippen molar-refractivity contribution in [1.29, 1.82) is 0 Å². The Morgan fingerprint density at radius 1 is 1.20 bits per heavy atom. The molecule has 0 amide bonds. The summed E-state index contributed by atoms with van der Waals surface area (Å²) < 4.78 is 5.82. The minimum absolute atomic E-state index is 0.590. The van der Waals surface area contributed by atoms with Crippen LogP contribution in [0.3, 0.4) is 0 Å². The average Bonchev–Trinajstić information content (AvgIpc) is 2.69. The van der Waals surface area contributed by atoms with Crippen LogP contribution < -0.4 is 15.4 Å². The van der Waals surface area contributed by atoms with Crippen molar-refractivity contribution in [3.05, 3.63) is 59.2 Å². The Morgan fingerprint density at radius 2 is 2.05 bits per heavy atom. The van der Waals surface area contributed by atoms with Crippen molar-refractivity contribution < 1.29 is 4.74 Å². The van der Waals surface area contributed by atoms with E-state index in [0.717, 1.165) is 25.4 Å². The molecule has 2 aromatic carbocycles. The number of anilines is 1. The van der Waals surface area contributed by atoms with Gasteiger partial charge in [-0.25, -0.2) is 0 Å². The van der Waals surface area contributed by atoms with E-state index in [9.17, 15) is 0 Å². The Balaban J connectivity index is 1.91. The molecule has 0 atom stereocenters. The second-order valence-corrected chi connectivity index (χ2v) is 5.20. The lowest BCUT2D eigenvalue weighted by Crippen LogP contribution is -2.26. The fourth-order valence-electron chi connectivity index (χ4n) is 2.73. The van der Waals surface area contributed by atoms with Crippen molar-refractivity contribution in [3.63, 3.8) is 0 Å². The quantitative estimate of drug-likeness (QED) is 0.910. The van der Waals surface area contributed by atoms with Crippen LogP contribution >= 0.6 is 0 Å². The monoisotopic (exact) mass is 268 g/mol. The maximum atomic E-state index is 5.82. The van der Waals surface area contributed by atoms with E-state index in [2.05, 4.69) is 42.2 Å². The van der Waals surface area contributed by atoms with E-state index in [4.69, 9.17) is 10.5 Å². The molecule has 0 unspecified atom stereocenters. The summed E-state index contributed by atoms with van der Waals surface area (Å²) in [6, 6.07) is 14.7. The largest absolute Gasteiger partial charge is 0.491 e. The van der Waals surface area contributed by atoms with E-state index in [1.807, 2.05) is 12.1 Å². The standard InChI is InChI=1S/C17H20N2O/c1-13-10-14(11-18)6-7-16(13)19-8-9-20-17-5-3-2-4-15(17)12-19/h2-7,10H,8-9,11-12,18H2,1H3. The highest BCUT2D eigenvalue weighted by Crippen LogP contribution is 2.28. The molecular formula is C17H20N2O. The Labute approximate surface area is 120 Å². The van der Waals surface area contributed by atoms with E-state index >= 15 is 0 Å². The van der Waals surface area contributed by atoms with Crippen LogP contribution in [-0.2, 0) is 13.1 Å². The lowest BCUT2D eigenvalue weighted by Gasteiger charge is -2.24. The van der Waals surface area contributed by atoms with Crippen molar-refractivity contribution in [3.8, 4) is 5.75 Å². The van der Waals surface area contributed by atoms with E-state index in [-0.39, 0.29) is 0 Å². The van der Waals surface area contributed by atoms with Gasteiger partial charge in [0, 0.05) is 24.3 Å². The topological polar surface area (TPSA) is 38.5 Å². The molecule has 2 N–H and O–H groups in total. The van der Waals surface area contributed by atoms with Crippen molar-refractivity contribution in [2.24, 2.45) is 5.73 Å². The number of para-hydroxylation sites is 1. The number of aryl methyl sites for hydroxylation is 1. The summed E-state index contributed by atoms with van der Waals surface area (Å²) in [6.45, 7) is 5.24. The van der Waals surface area contributed by atoms with Gasteiger partial charge in [-0.3, -0.25) is 0 Å². The number of benzene rings is 2. The van der Waals surface area contributed by atoms with Crippen LogP contribution in [0.1, 0.15) is 16.7 Å². The normalized spacial score (nSPS) is 14.4. The van der Waals surface area contributed by atoms with Gasteiger partial charge in [0.05, 0.1) is 6.54 Å². The van der Waals surface area contributed by atoms with Crippen LogP contribution in [0.5, 0.6) is 5.75 Å². The smallest absolute Gasteiger partial charge is 0.124 e. The molecule has 2 aromatic rings. The van der Waals surface area contributed by atoms with E-state index < -0.39 is 0 Å². The Kier molecular flexibility index (Phi) is 3.61. The molecule has 20 heavy (non-hydrogen) atoms. The van der Waals surface area contributed by atoms with E-state index in [1.54, 1.807) is 0 Å². The van der Waals surface area contributed by atoms with Gasteiger partial charge in [-0.1, -0.05) is 30.3 Å². The molecule has 3 nitrogen and oxygen atoms in total. The lowest BCUT2D eigenvalue weighted by molar-refractivity contribution is 0.331. The highest BCUT2D eigenvalue weighted by atomic mass is 16.5. The molecule has 0 aliphatic carbocycles. The summed E-state index contributed by atoms with van der Waals surface area (Å²) in [5, 5.41) is 0. The van der Waals surface area contributed by atoms with Crippen LogP contribution in [0.25, 0.3) is 0 Å². The number of nitrogens with two attached hydrogens (primary N) is 1. The molecule has 1 aliphatic heterocycles. The molecule has 0 aromatic heterocycles. The zero-order chi connectivity index (χ0) is 13.9. The van der Waals surface area contributed by atoms with Crippen LogP contribution in [0.15, 0.2) is 42.5 Å². The maximum absolute atomic E-state index is 5.82. The zero-order valence-corrected chi connectivity index (χ0v) is 11.8. The molecule has 0 fully saturated rings. The van der Waals surface area contributed by atoms with Gasteiger partial charge in [-0.15, -0.1) is 0 Å². The van der Waals surface area contributed by atoms with Crippen LogP contribution in [0.4, 0.5) is 5.69 Å². The fraction of sp³-hybridized carbons (Fsp3) is 0.294. The number of rotatable bonds is 2. The number of nitrogens with zero attached hydrogens (tertiary/aromatic N) is 1. The van der Waals surface area contributed by atoms with Gasteiger partial charge in [-0.2, -0.15) is 0 Å². The third-order valence-electron chi connectivity index (χ3n) is 3.79. The highest BCUT2D eigenvalue weighted by Gasteiger charge is 2.16. The number of ether oxygens (including phenoxy) is 1. The average molecular weight is 268 g/mol. The van der Waals surface area contributed by atoms with Gasteiger partial charge in [0.25, 0.3) is 0 Å². The summed E-state index contributed by atoms with van der Waals surface area (Å²) in [5.41, 5.74) is 10.7. The summed E-state index contributed by atoms with van der Waals surface area (Å²) >= 11 is 0. The maximum Gasteiger partial charge on any atom is 0.124 e. The summed E-state index contributed by atoms with van der Waals surface area (Å²) in [5.74, 6) is 1.01.